The van der Waals surface area contributed by atoms with Crippen LogP contribution in [0.5, 0.6) is 0 Å². The number of aromatic nitrogens is 1. The Morgan fingerprint density at radius 1 is 1.16 bits per heavy atom. The van der Waals surface area contributed by atoms with E-state index < -0.39 is 0 Å². The lowest BCUT2D eigenvalue weighted by Gasteiger charge is -2.04. The molecule has 0 saturated carbocycles. The maximum Gasteiger partial charge on any atom is 0.251 e. The summed E-state index contributed by atoms with van der Waals surface area (Å²) in [5.74, 6) is -0.0686. The first-order chi connectivity index (χ1) is 9.33. The van der Waals surface area contributed by atoms with Crippen LogP contribution in [0.1, 0.15) is 15.4 Å². The van der Waals surface area contributed by atoms with E-state index in [2.05, 4.69) is 10.3 Å². The van der Waals surface area contributed by atoms with Crippen molar-refractivity contribution in [2.75, 3.05) is 0 Å². The number of rotatable bonds is 3. The molecule has 2 aromatic carbocycles. The fraction of sp³-hybridized carbons (Fsp3) is 0.0667. The summed E-state index contributed by atoms with van der Waals surface area (Å²) in [7, 11) is 0. The number of benzene rings is 2. The van der Waals surface area contributed by atoms with Crippen LogP contribution >= 0.6 is 11.3 Å². The lowest BCUT2D eigenvalue weighted by molar-refractivity contribution is 0.0951. The summed E-state index contributed by atoms with van der Waals surface area (Å²) >= 11 is 1.54. The van der Waals surface area contributed by atoms with Crippen LogP contribution in [0, 0.1) is 0 Å². The summed E-state index contributed by atoms with van der Waals surface area (Å²) in [6.45, 7) is 0.476. The normalized spacial score (nSPS) is 10.5. The highest BCUT2D eigenvalue weighted by Crippen LogP contribution is 2.15. The highest BCUT2D eigenvalue weighted by molar-refractivity contribution is 7.09. The maximum atomic E-state index is 12.0. The molecule has 94 valence electrons. The van der Waals surface area contributed by atoms with Crippen LogP contribution in [-0.2, 0) is 6.54 Å². The number of hydrogen-bond acceptors (Lipinski definition) is 3. The molecule has 0 spiro atoms. The third-order valence-corrected chi connectivity index (χ3v) is 3.67. The van der Waals surface area contributed by atoms with Crippen LogP contribution in [0.2, 0.25) is 0 Å². The van der Waals surface area contributed by atoms with Crippen LogP contribution in [-0.4, -0.2) is 10.9 Å². The number of nitrogens with zero attached hydrogens (tertiary/aromatic N) is 1. The first kappa shape index (κ1) is 11.9. The average Bonchev–Trinajstić information content (AvgIpc) is 2.97. The second-order valence-electron chi connectivity index (χ2n) is 4.17. The van der Waals surface area contributed by atoms with E-state index >= 15 is 0 Å². The molecule has 3 rings (SSSR count). The van der Waals surface area contributed by atoms with E-state index in [-0.39, 0.29) is 5.91 Å². The van der Waals surface area contributed by atoms with Gasteiger partial charge in [-0.15, -0.1) is 11.3 Å². The number of hydrogen-bond donors (Lipinski definition) is 1. The first-order valence-electron chi connectivity index (χ1n) is 5.98. The molecule has 0 saturated heterocycles. The molecule has 1 aromatic heterocycles. The summed E-state index contributed by atoms with van der Waals surface area (Å²) in [5.41, 5.74) is 0.676. The van der Waals surface area contributed by atoms with Gasteiger partial charge in [0.2, 0.25) is 0 Å². The zero-order chi connectivity index (χ0) is 13.1. The molecule has 0 aliphatic carbocycles. The van der Waals surface area contributed by atoms with E-state index in [0.717, 1.165) is 15.8 Å². The number of thiazole rings is 1. The SMILES string of the molecule is O=C(NCc1nccs1)c1ccc2ccccc2c1. The summed E-state index contributed by atoms with van der Waals surface area (Å²) in [6.07, 6.45) is 1.74. The van der Waals surface area contributed by atoms with Crippen LogP contribution < -0.4 is 5.32 Å². The predicted molar refractivity (Wildman–Crippen MR) is 77.2 cm³/mol. The van der Waals surface area contributed by atoms with Gasteiger partial charge in [-0.25, -0.2) is 4.98 Å². The summed E-state index contributed by atoms with van der Waals surface area (Å²) < 4.78 is 0. The standard InChI is InChI=1S/C15H12N2OS/c18-15(17-10-14-16-7-8-19-14)13-6-5-11-3-1-2-4-12(11)9-13/h1-9H,10H2,(H,17,18). The van der Waals surface area contributed by atoms with Gasteiger partial charge >= 0.3 is 0 Å². The lowest BCUT2D eigenvalue weighted by atomic mass is 10.1. The fourth-order valence-electron chi connectivity index (χ4n) is 1.93. The zero-order valence-electron chi connectivity index (χ0n) is 10.2. The van der Waals surface area contributed by atoms with Gasteiger partial charge in [-0.2, -0.15) is 0 Å². The van der Waals surface area contributed by atoms with Gasteiger partial charge in [0.1, 0.15) is 5.01 Å². The van der Waals surface area contributed by atoms with Crippen molar-refractivity contribution in [3.63, 3.8) is 0 Å². The average molecular weight is 268 g/mol. The van der Waals surface area contributed by atoms with Crippen molar-refractivity contribution in [2.45, 2.75) is 6.54 Å². The first-order valence-corrected chi connectivity index (χ1v) is 6.86. The van der Waals surface area contributed by atoms with Crippen molar-refractivity contribution in [1.82, 2.24) is 10.3 Å². The van der Waals surface area contributed by atoms with Gasteiger partial charge in [-0.1, -0.05) is 30.3 Å². The molecule has 0 aliphatic heterocycles. The number of amides is 1. The van der Waals surface area contributed by atoms with Crippen LogP contribution in [0.15, 0.2) is 54.0 Å². The van der Waals surface area contributed by atoms with E-state index in [1.165, 1.54) is 11.3 Å². The highest BCUT2D eigenvalue weighted by atomic mass is 32.1. The monoisotopic (exact) mass is 268 g/mol. The molecular formula is C15H12N2OS. The second kappa shape index (κ2) is 5.20. The van der Waals surface area contributed by atoms with Crippen molar-refractivity contribution in [1.29, 1.82) is 0 Å². The largest absolute Gasteiger partial charge is 0.346 e. The molecule has 0 radical (unpaired) electrons. The molecule has 0 bridgehead atoms. The Morgan fingerprint density at radius 2 is 2.00 bits per heavy atom. The van der Waals surface area contributed by atoms with E-state index in [4.69, 9.17) is 0 Å². The molecule has 4 heteroatoms. The van der Waals surface area contributed by atoms with E-state index in [1.54, 1.807) is 6.20 Å². The van der Waals surface area contributed by atoms with Gasteiger partial charge < -0.3 is 5.32 Å². The fourth-order valence-corrected chi connectivity index (χ4v) is 2.48. The van der Waals surface area contributed by atoms with E-state index in [9.17, 15) is 4.79 Å². The number of carbonyl (C=O) groups excluding carboxylic acids is 1. The molecule has 1 heterocycles. The number of fused-ring (bicyclic) bond motifs is 1. The number of nitrogens with one attached hydrogen (secondary N) is 1. The smallest absolute Gasteiger partial charge is 0.251 e. The molecule has 19 heavy (non-hydrogen) atoms. The van der Waals surface area contributed by atoms with Gasteiger partial charge in [-0.3, -0.25) is 4.79 Å². The quantitative estimate of drug-likeness (QED) is 0.792. The minimum absolute atomic E-state index is 0.0686. The lowest BCUT2D eigenvalue weighted by Crippen LogP contribution is -2.22. The minimum Gasteiger partial charge on any atom is -0.346 e. The third kappa shape index (κ3) is 2.63. The Morgan fingerprint density at radius 3 is 2.79 bits per heavy atom. The molecule has 1 N–H and O–H groups in total. The molecule has 0 fully saturated rings. The van der Waals surface area contributed by atoms with Crippen molar-refractivity contribution in [3.05, 3.63) is 64.6 Å². The molecule has 0 aliphatic rings. The Hall–Kier alpha value is -2.20. The predicted octanol–water partition coefficient (Wildman–Crippen LogP) is 3.23. The molecule has 0 unspecified atom stereocenters. The molecular weight excluding hydrogens is 256 g/mol. The summed E-state index contributed by atoms with van der Waals surface area (Å²) in [6, 6.07) is 13.7. The Balaban J connectivity index is 1.77. The van der Waals surface area contributed by atoms with Crippen molar-refractivity contribution >= 4 is 28.0 Å². The summed E-state index contributed by atoms with van der Waals surface area (Å²) in [4.78, 5) is 16.2. The second-order valence-corrected chi connectivity index (χ2v) is 5.15. The Kier molecular flexibility index (Phi) is 3.25. The van der Waals surface area contributed by atoms with E-state index in [1.807, 2.05) is 47.8 Å². The minimum atomic E-state index is -0.0686. The molecule has 3 nitrogen and oxygen atoms in total. The van der Waals surface area contributed by atoms with Crippen molar-refractivity contribution in [3.8, 4) is 0 Å². The highest BCUT2D eigenvalue weighted by Gasteiger charge is 2.06. The Labute approximate surface area is 114 Å². The summed E-state index contributed by atoms with van der Waals surface area (Å²) in [5, 5.41) is 7.90. The van der Waals surface area contributed by atoms with Gasteiger partial charge in [-0.05, 0) is 22.9 Å². The van der Waals surface area contributed by atoms with Gasteiger partial charge in [0.15, 0.2) is 0 Å². The zero-order valence-corrected chi connectivity index (χ0v) is 11.0. The molecule has 3 aromatic rings. The third-order valence-electron chi connectivity index (χ3n) is 2.90. The van der Waals surface area contributed by atoms with Crippen LogP contribution in [0.4, 0.5) is 0 Å². The van der Waals surface area contributed by atoms with Gasteiger partial charge in [0, 0.05) is 17.1 Å². The van der Waals surface area contributed by atoms with E-state index in [0.29, 0.717) is 12.1 Å². The van der Waals surface area contributed by atoms with Crippen molar-refractivity contribution in [2.24, 2.45) is 0 Å². The van der Waals surface area contributed by atoms with Gasteiger partial charge in [0.25, 0.3) is 5.91 Å². The number of carbonyl (C=O) groups is 1. The topological polar surface area (TPSA) is 42.0 Å². The Bertz CT molecular complexity index is 707. The van der Waals surface area contributed by atoms with Crippen molar-refractivity contribution < 1.29 is 4.79 Å². The van der Waals surface area contributed by atoms with Crippen LogP contribution in [0.3, 0.4) is 0 Å². The van der Waals surface area contributed by atoms with Crippen LogP contribution in [0.25, 0.3) is 10.8 Å². The van der Waals surface area contributed by atoms with Gasteiger partial charge in [0.05, 0.1) is 6.54 Å². The molecule has 0 atom stereocenters. The molecule has 1 amide bonds. The maximum absolute atomic E-state index is 12.0.